The Labute approximate surface area is 124 Å². The molecule has 0 unspecified atom stereocenters. The summed E-state index contributed by atoms with van der Waals surface area (Å²) < 4.78 is 19.6. The van der Waals surface area contributed by atoms with Gasteiger partial charge in [-0.15, -0.1) is 0 Å². The molecular weight excluding hydrogens is 295 g/mol. The molecule has 2 aromatic heterocycles. The van der Waals surface area contributed by atoms with Gasteiger partial charge >= 0.3 is 5.97 Å². The summed E-state index contributed by atoms with van der Waals surface area (Å²) in [5, 5.41) is 0.0415. The maximum atomic E-state index is 13.2. The van der Waals surface area contributed by atoms with Crippen LogP contribution in [0.5, 0.6) is 0 Å². The first kappa shape index (κ1) is 13.6. The lowest BCUT2D eigenvalue weighted by molar-refractivity contribution is 0.0600. The highest BCUT2D eigenvalue weighted by Gasteiger charge is 2.10. The lowest BCUT2D eigenvalue weighted by atomic mass is 10.2. The van der Waals surface area contributed by atoms with Gasteiger partial charge in [-0.1, -0.05) is 11.6 Å². The molecule has 0 aliphatic rings. The number of ether oxygens (including phenoxy) is 1. The van der Waals surface area contributed by atoms with Gasteiger partial charge in [-0.2, -0.15) is 0 Å². The van der Waals surface area contributed by atoms with Crippen molar-refractivity contribution in [1.82, 2.24) is 9.38 Å². The number of pyridine rings is 1. The topological polar surface area (TPSA) is 43.6 Å². The molecule has 0 saturated heterocycles. The second kappa shape index (κ2) is 5.18. The molecule has 2 heterocycles. The summed E-state index contributed by atoms with van der Waals surface area (Å²) in [6.07, 6.45) is 3.37. The van der Waals surface area contributed by atoms with Crippen LogP contribution in [0.15, 0.2) is 42.7 Å². The smallest absolute Gasteiger partial charge is 0.339 e. The summed E-state index contributed by atoms with van der Waals surface area (Å²) in [7, 11) is 1.33. The molecule has 3 aromatic rings. The first-order chi connectivity index (χ1) is 10.1. The fourth-order valence-electron chi connectivity index (χ4n) is 2.02. The molecule has 0 atom stereocenters. The molecule has 4 nitrogen and oxygen atoms in total. The van der Waals surface area contributed by atoms with E-state index < -0.39 is 11.8 Å². The highest BCUT2D eigenvalue weighted by Crippen LogP contribution is 2.24. The second-order valence-corrected chi connectivity index (χ2v) is 4.84. The van der Waals surface area contributed by atoms with Crippen molar-refractivity contribution in [2.45, 2.75) is 0 Å². The largest absolute Gasteiger partial charge is 0.465 e. The van der Waals surface area contributed by atoms with Gasteiger partial charge in [0.05, 0.1) is 23.4 Å². The third-order valence-electron chi connectivity index (χ3n) is 3.09. The van der Waals surface area contributed by atoms with Crippen molar-refractivity contribution in [1.29, 1.82) is 0 Å². The van der Waals surface area contributed by atoms with Gasteiger partial charge in [0.15, 0.2) is 0 Å². The maximum Gasteiger partial charge on any atom is 0.339 e. The lowest BCUT2D eigenvalue weighted by Gasteiger charge is -1.99. The Bertz CT molecular complexity index is 845. The van der Waals surface area contributed by atoms with E-state index in [0.29, 0.717) is 22.5 Å². The van der Waals surface area contributed by atoms with Crippen LogP contribution in [0.25, 0.3) is 16.9 Å². The number of hydrogen-bond acceptors (Lipinski definition) is 3. The Morgan fingerprint density at radius 1 is 1.29 bits per heavy atom. The Hall–Kier alpha value is -2.40. The average molecular weight is 305 g/mol. The predicted octanol–water partition coefficient (Wildman–Crippen LogP) is 3.58. The van der Waals surface area contributed by atoms with E-state index in [1.54, 1.807) is 35.0 Å². The van der Waals surface area contributed by atoms with E-state index in [1.807, 2.05) is 0 Å². The van der Waals surface area contributed by atoms with Crippen molar-refractivity contribution >= 4 is 23.2 Å². The molecule has 6 heteroatoms. The summed E-state index contributed by atoms with van der Waals surface area (Å²) in [6, 6.07) is 7.75. The Morgan fingerprint density at radius 2 is 2.10 bits per heavy atom. The van der Waals surface area contributed by atoms with Crippen molar-refractivity contribution in [3.63, 3.8) is 0 Å². The van der Waals surface area contributed by atoms with Crippen molar-refractivity contribution in [2.24, 2.45) is 0 Å². The van der Waals surface area contributed by atoms with Crippen LogP contribution >= 0.6 is 11.6 Å². The molecule has 0 fully saturated rings. The van der Waals surface area contributed by atoms with Crippen LogP contribution in [0.4, 0.5) is 4.39 Å². The van der Waals surface area contributed by atoms with E-state index in [0.717, 1.165) is 0 Å². The normalized spacial score (nSPS) is 10.8. The van der Waals surface area contributed by atoms with E-state index in [9.17, 15) is 9.18 Å². The molecule has 0 saturated carbocycles. The van der Waals surface area contributed by atoms with Gasteiger partial charge in [0.2, 0.25) is 0 Å². The average Bonchev–Trinajstić information content (AvgIpc) is 2.92. The maximum absolute atomic E-state index is 13.2. The molecule has 1 aromatic carbocycles. The molecule has 0 spiro atoms. The van der Waals surface area contributed by atoms with Gasteiger partial charge in [-0.3, -0.25) is 0 Å². The SMILES string of the molecule is COC(=O)c1ccc2nc(-c3ccc(F)c(Cl)c3)cn2c1. The van der Waals surface area contributed by atoms with Crippen molar-refractivity contribution < 1.29 is 13.9 Å². The number of rotatable bonds is 2. The minimum absolute atomic E-state index is 0.0415. The zero-order chi connectivity index (χ0) is 15.0. The zero-order valence-electron chi connectivity index (χ0n) is 11.0. The minimum Gasteiger partial charge on any atom is -0.465 e. The first-order valence-electron chi connectivity index (χ1n) is 6.11. The van der Waals surface area contributed by atoms with Crippen LogP contribution < -0.4 is 0 Å². The molecule has 0 amide bonds. The van der Waals surface area contributed by atoms with E-state index in [2.05, 4.69) is 9.72 Å². The Morgan fingerprint density at radius 3 is 2.81 bits per heavy atom. The van der Waals surface area contributed by atoms with Crippen molar-refractivity contribution in [3.05, 3.63) is 59.1 Å². The van der Waals surface area contributed by atoms with Crippen LogP contribution in [0, 0.1) is 5.82 Å². The van der Waals surface area contributed by atoms with Crippen LogP contribution in [0.3, 0.4) is 0 Å². The highest BCUT2D eigenvalue weighted by atomic mass is 35.5. The number of carbonyl (C=O) groups excluding carboxylic acids is 1. The summed E-state index contributed by atoms with van der Waals surface area (Å²) in [5.74, 6) is -0.894. The fraction of sp³-hybridized carbons (Fsp3) is 0.0667. The molecular formula is C15H10ClFN2O2. The van der Waals surface area contributed by atoms with Gasteiger partial charge in [0, 0.05) is 18.0 Å². The van der Waals surface area contributed by atoms with Gasteiger partial charge in [0.25, 0.3) is 0 Å². The molecule has 0 radical (unpaired) electrons. The molecule has 0 aliphatic heterocycles. The number of carbonyl (C=O) groups is 1. The number of halogens is 2. The van der Waals surface area contributed by atoms with Crippen LogP contribution in [0.1, 0.15) is 10.4 Å². The number of methoxy groups -OCH3 is 1. The molecule has 3 rings (SSSR count). The van der Waals surface area contributed by atoms with Crippen LogP contribution in [-0.2, 0) is 4.74 Å². The number of aromatic nitrogens is 2. The first-order valence-corrected chi connectivity index (χ1v) is 6.49. The third kappa shape index (κ3) is 2.48. The molecule has 106 valence electrons. The van der Waals surface area contributed by atoms with Gasteiger partial charge in [-0.05, 0) is 30.3 Å². The Balaban J connectivity index is 2.08. The summed E-state index contributed by atoms with van der Waals surface area (Å²) >= 11 is 5.78. The molecule has 0 aliphatic carbocycles. The molecule has 21 heavy (non-hydrogen) atoms. The highest BCUT2D eigenvalue weighted by molar-refractivity contribution is 6.31. The molecule has 0 N–H and O–H groups in total. The van der Waals surface area contributed by atoms with Crippen LogP contribution in [-0.4, -0.2) is 22.5 Å². The number of esters is 1. The quantitative estimate of drug-likeness (QED) is 0.680. The van der Waals surface area contributed by atoms with Gasteiger partial charge < -0.3 is 9.14 Å². The van der Waals surface area contributed by atoms with Gasteiger partial charge in [-0.25, -0.2) is 14.2 Å². The third-order valence-corrected chi connectivity index (χ3v) is 3.38. The summed E-state index contributed by atoms with van der Waals surface area (Å²) in [4.78, 5) is 15.9. The molecule has 0 bridgehead atoms. The zero-order valence-corrected chi connectivity index (χ0v) is 11.8. The van der Waals surface area contributed by atoms with Crippen LogP contribution in [0.2, 0.25) is 5.02 Å². The monoisotopic (exact) mass is 304 g/mol. The second-order valence-electron chi connectivity index (χ2n) is 4.43. The summed E-state index contributed by atoms with van der Waals surface area (Å²) in [5.41, 5.74) is 2.42. The number of hydrogen-bond donors (Lipinski definition) is 0. The summed E-state index contributed by atoms with van der Waals surface area (Å²) in [6.45, 7) is 0. The fourth-order valence-corrected chi connectivity index (χ4v) is 2.21. The Kier molecular flexibility index (Phi) is 3.35. The predicted molar refractivity (Wildman–Crippen MR) is 76.9 cm³/mol. The van der Waals surface area contributed by atoms with E-state index in [4.69, 9.17) is 11.6 Å². The number of benzene rings is 1. The van der Waals surface area contributed by atoms with E-state index >= 15 is 0 Å². The number of imidazole rings is 1. The van der Waals surface area contributed by atoms with Crippen molar-refractivity contribution in [2.75, 3.05) is 7.11 Å². The number of nitrogens with zero attached hydrogens (tertiary/aromatic N) is 2. The van der Waals surface area contributed by atoms with Crippen molar-refractivity contribution in [3.8, 4) is 11.3 Å². The van der Waals surface area contributed by atoms with E-state index in [-0.39, 0.29) is 5.02 Å². The van der Waals surface area contributed by atoms with E-state index in [1.165, 1.54) is 19.2 Å². The number of fused-ring (bicyclic) bond motifs is 1. The van der Waals surface area contributed by atoms with Gasteiger partial charge in [0.1, 0.15) is 11.5 Å². The minimum atomic E-state index is -0.475. The standard InChI is InChI=1S/C15H10ClFN2O2/c1-21-15(20)10-3-5-14-18-13(8-19(14)7-10)9-2-4-12(17)11(16)6-9/h2-8H,1H3. The lowest BCUT2D eigenvalue weighted by Crippen LogP contribution is -2.02.